The standard InChI is InChI=1S/C19H29BrN2O2/c1-3-24-18-12-17(19(18)23-2)21-15-8-10-22(11-9-15)13-14-6-4-5-7-16(14)20/h4-7,15,17-19,21H,3,8-13H2,1-2H3/t17-,18+,19-/m0/s1. The van der Waals surface area contributed by atoms with Gasteiger partial charge in [0.1, 0.15) is 0 Å². The molecule has 0 unspecified atom stereocenters. The summed E-state index contributed by atoms with van der Waals surface area (Å²) in [4.78, 5) is 2.55. The fourth-order valence-electron chi connectivity index (χ4n) is 3.87. The van der Waals surface area contributed by atoms with Gasteiger partial charge in [-0.05, 0) is 50.9 Å². The highest BCUT2D eigenvalue weighted by Crippen LogP contribution is 2.28. The first kappa shape index (κ1) is 18.3. The summed E-state index contributed by atoms with van der Waals surface area (Å²) in [6.45, 7) is 6.15. The number of piperidine rings is 1. The number of likely N-dealkylation sites (tertiary alicyclic amines) is 1. The molecule has 5 heteroatoms. The van der Waals surface area contributed by atoms with Gasteiger partial charge in [-0.3, -0.25) is 4.90 Å². The van der Waals surface area contributed by atoms with Gasteiger partial charge in [-0.1, -0.05) is 34.1 Å². The molecular formula is C19H29BrN2O2. The van der Waals surface area contributed by atoms with Crippen molar-refractivity contribution in [1.29, 1.82) is 0 Å². The summed E-state index contributed by atoms with van der Waals surface area (Å²) >= 11 is 3.65. The second-order valence-electron chi connectivity index (χ2n) is 6.84. The molecular weight excluding hydrogens is 368 g/mol. The average Bonchev–Trinajstić information content (AvgIpc) is 2.58. The quantitative estimate of drug-likeness (QED) is 0.766. The monoisotopic (exact) mass is 396 g/mol. The third-order valence-electron chi connectivity index (χ3n) is 5.29. The Morgan fingerprint density at radius 2 is 2.00 bits per heavy atom. The summed E-state index contributed by atoms with van der Waals surface area (Å²) in [5.74, 6) is 0. The number of hydrogen-bond donors (Lipinski definition) is 1. The zero-order valence-electron chi connectivity index (χ0n) is 14.7. The minimum Gasteiger partial charge on any atom is -0.377 e. The van der Waals surface area contributed by atoms with Crippen LogP contribution in [-0.2, 0) is 16.0 Å². The molecule has 2 fully saturated rings. The summed E-state index contributed by atoms with van der Waals surface area (Å²) < 4.78 is 12.5. The highest BCUT2D eigenvalue weighted by atomic mass is 79.9. The molecule has 24 heavy (non-hydrogen) atoms. The SMILES string of the molecule is CCO[C@@H]1C[C@H](NC2CCN(Cc3ccccc3Br)CC2)[C@@H]1OC. The third-order valence-corrected chi connectivity index (χ3v) is 6.06. The van der Waals surface area contributed by atoms with Gasteiger partial charge >= 0.3 is 0 Å². The van der Waals surface area contributed by atoms with Crippen molar-refractivity contribution in [3.8, 4) is 0 Å². The van der Waals surface area contributed by atoms with E-state index < -0.39 is 0 Å². The van der Waals surface area contributed by atoms with Crippen LogP contribution >= 0.6 is 15.9 Å². The van der Waals surface area contributed by atoms with Crippen molar-refractivity contribution in [2.24, 2.45) is 0 Å². The Labute approximate surface area is 154 Å². The molecule has 1 N–H and O–H groups in total. The highest BCUT2D eigenvalue weighted by molar-refractivity contribution is 9.10. The van der Waals surface area contributed by atoms with E-state index in [1.165, 1.54) is 22.9 Å². The van der Waals surface area contributed by atoms with Crippen LogP contribution in [0.3, 0.4) is 0 Å². The van der Waals surface area contributed by atoms with Crippen molar-refractivity contribution in [1.82, 2.24) is 10.2 Å². The number of nitrogens with one attached hydrogen (secondary N) is 1. The van der Waals surface area contributed by atoms with Crippen LogP contribution in [0.1, 0.15) is 31.7 Å². The van der Waals surface area contributed by atoms with Crippen molar-refractivity contribution in [3.05, 3.63) is 34.3 Å². The van der Waals surface area contributed by atoms with Crippen LogP contribution in [-0.4, -0.2) is 56.0 Å². The first-order valence-electron chi connectivity index (χ1n) is 9.07. The maximum atomic E-state index is 5.72. The van der Waals surface area contributed by atoms with E-state index in [9.17, 15) is 0 Å². The van der Waals surface area contributed by atoms with E-state index in [0.717, 1.165) is 32.7 Å². The number of ether oxygens (including phenoxy) is 2. The number of halogens is 1. The number of nitrogens with zero attached hydrogens (tertiary/aromatic N) is 1. The van der Waals surface area contributed by atoms with E-state index >= 15 is 0 Å². The fourth-order valence-corrected chi connectivity index (χ4v) is 4.28. The zero-order chi connectivity index (χ0) is 16.9. The lowest BCUT2D eigenvalue weighted by molar-refractivity contribution is -0.134. The van der Waals surface area contributed by atoms with Crippen molar-refractivity contribution < 1.29 is 9.47 Å². The van der Waals surface area contributed by atoms with Gasteiger partial charge in [0.05, 0.1) is 12.2 Å². The van der Waals surface area contributed by atoms with Gasteiger partial charge in [-0.15, -0.1) is 0 Å². The van der Waals surface area contributed by atoms with Crippen molar-refractivity contribution in [3.63, 3.8) is 0 Å². The Balaban J connectivity index is 1.42. The maximum Gasteiger partial charge on any atom is 0.0986 e. The van der Waals surface area contributed by atoms with Crippen molar-refractivity contribution in [2.75, 3.05) is 26.8 Å². The van der Waals surface area contributed by atoms with E-state index in [4.69, 9.17) is 9.47 Å². The first-order valence-corrected chi connectivity index (χ1v) is 9.86. The lowest BCUT2D eigenvalue weighted by Gasteiger charge is -2.46. The van der Waals surface area contributed by atoms with Gasteiger partial charge in [-0.2, -0.15) is 0 Å². The Morgan fingerprint density at radius 3 is 2.67 bits per heavy atom. The van der Waals surface area contributed by atoms with Crippen LogP contribution in [0.25, 0.3) is 0 Å². The summed E-state index contributed by atoms with van der Waals surface area (Å²) in [5, 5.41) is 3.80. The first-order chi connectivity index (χ1) is 11.7. The minimum absolute atomic E-state index is 0.211. The molecule has 1 aliphatic heterocycles. The van der Waals surface area contributed by atoms with Gasteiger partial charge in [0.2, 0.25) is 0 Å². The van der Waals surface area contributed by atoms with E-state index in [0.29, 0.717) is 12.1 Å². The second-order valence-corrected chi connectivity index (χ2v) is 7.70. The molecule has 3 atom stereocenters. The molecule has 1 saturated carbocycles. The fraction of sp³-hybridized carbons (Fsp3) is 0.684. The summed E-state index contributed by atoms with van der Waals surface area (Å²) in [7, 11) is 1.80. The molecule has 1 aromatic rings. The van der Waals surface area contributed by atoms with E-state index in [1.807, 2.05) is 6.92 Å². The molecule has 0 aromatic heterocycles. The molecule has 0 bridgehead atoms. The molecule has 1 heterocycles. The molecule has 134 valence electrons. The van der Waals surface area contributed by atoms with Gasteiger partial charge in [0.25, 0.3) is 0 Å². The van der Waals surface area contributed by atoms with Crippen LogP contribution in [0.5, 0.6) is 0 Å². The Morgan fingerprint density at radius 1 is 1.25 bits per heavy atom. The van der Waals surface area contributed by atoms with Gasteiger partial charge < -0.3 is 14.8 Å². The highest BCUT2D eigenvalue weighted by Gasteiger charge is 2.43. The van der Waals surface area contributed by atoms with Crippen LogP contribution in [0, 0.1) is 0 Å². The molecule has 3 rings (SSSR count). The van der Waals surface area contributed by atoms with Crippen molar-refractivity contribution in [2.45, 2.75) is 57.0 Å². The molecule has 0 radical (unpaired) electrons. The molecule has 0 amide bonds. The summed E-state index contributed by atoms with van der Waals surface area (Å²) in [6, 6.07) is 9.58. The molecule has 2 aliphatic rings. The molecule has 4 nitrogen and oxygen atoms in total. The van der Waals surface area contributed by atoms with Crippen LogP contribution in [0.4, 0.5) is 0 Å². The largest absolute Gasteiger partial charge is 0.377 e. The number of benzene rings is 1. The summed E-state index contributed by atoms with van der Waals surface area (Å²) in [6.07, 6.45) is 3.97. The zero-order valence-corrected chi connectivity index (χ0v) is 16.3. The molecule has 1 aliphatic carbocycles. The van der Waals surface area contributed by atoms with Crippen LogP contribution < -0.4 is 5.32 Å². The number of rotatable bonds is 7. The molecule has 0 spiro atoms. The van der Waals surface area contributed by atoms with Gasteiger partial charge in [0.15, 0.2) is 0 Å². The Hall–Kier alpha value is -0.460. The third kappa shape index (κ3) is 4.38. The average molecular weight is 397 g/mol. The lowest BCUT2D eigenvalue weighted by atomic mass is 9.84. The number of hydrogen-bond acceptors (Lipinski definition) is 4. The second kappa shape index (κ2) is 8.77. The van der Waals surface area contributed by atoms with Crippen LogP contribution in [0.15, 0.2) is 28.7 Å². The topological polar surface area (TPSA) is 33.7 Å². The summed E-state index contributed by atoms with van der Waals surface area (Å²) in [5.41, 5.74) is 1.38. The predicted octanol–water partition coefficient (Wildman–Crippen LogP) is 3.20. The van der Waals surface area contributed by atoms with E-state index in [1.54, 1.807) is 7.11 Å². The normalized spacial score (nSPS) is 28.7. The molecule has 1 aromatic carbocycles. The smallest absolute Gasteiger partial charge is 0.0986 e. The van der Waals surface area contributed by atoms with E-state index in [-0.39, 0.29) is 12.2 Å². The van der Waals surface area contributed by atoms with Crippen LogP contribution in [0.2, 0.25) is 0 Å². The molecule has 1 saturated heterocycles. The minimum atomic E-state index is 0.211. The number of methoxy groups -OCH3 is 1. The predicted molar refractivity (Wildman–Crippen MR) is 100 cm³/mol. The van der Waals surface area contributed by atoms with Gasteiger partial charge in [-0.25, -0.2) is 0 Å². The Bertz CT molecular complexity index is 520. The van der Waals surface area contributed by atoms with E-state index in [2.05, 4.69) is 50.4 Å². The Kier molecular flexibility index (Phi) is 6.70. The lowest BCUT2D eigenvalue weighted by Crippen LogP contribution is -2.62. The van der Waals surface area contributed by atoms with Gasteiger partial charge in [0, 0.05) is 36.8 Å². The van der Waals surface area contributed by atoms with Crippen molar-refractivity contribution >= 4 is 15.9 Å². The maximum absolute atomic E-state index is 5.72.